The fourth-order valence-corrected chi connectivity index (χ4v) is 3.21. The van der Waals surface area contributed by atoms with Crippen LogP contribution in [0.5, 0.6) is 0 Å². The molecule has 2 aromatic rings. The molecule has 19 heavy (non-hydrogen) atoms. The summed E-state index contributed by atoms with van der Waals surface area (Å²) in [7, 11) is 0. The second-order valence-electron chi connectivity index (χ2n) is 5.07. The normalized spacial score (nSPS) is 12.6. The third-order valence-electron chi connectivity index (χ3n) is 3.77. The lowest BCUT2D eigenvalue weighted by atomic mass is 9.93. The average Bonchev–Trinajstić information content (AvgIpc) is 2.91. The maximum Gasteiger partial charge on any atom is 0.0326 e. The second-order valence-corrected chi connectivity index (χ2v) is 5.85. The third kappa shape index (κ3) is 3.68. The lowest BCUT2D eigenvalue weighted by Crippen LogP contribution is -2.22. The highest BCUT2D eigenvalue weighted by molar-refractivity contribution is 7.07. The van der Waals surface area contributed by atoms with Gasteiger partial charge >= 0.3 is 0 Å². The van der Waals surface area contributed by atoms with Crippen molar-refractivity contribution in [3.8, 4) is 0 Å². The lowest BCUT2D eigenvalue weighted by molar-refractivity contribution is 0.513. The second kappa shape index (κ2) is 6.88. The summed E-state index contributed by atoms with van der Waals surface area (Å²) in [5.41, 5.74) is 5.73. The van der Waals surface area contributed by atoms with Crippen molar-refractivity contribution < 1.29 is 0 Å². The molecule has 2 heteroatoms. The molecular weight excluding hydrogens is 250 g/mol. The summed E-state index contributed by atoms with van der Waals surface area (Å²) in [6.07, 6.45) is 2.31. The molecule has 1 aromatic carbocycles. The van der Waals surface area contributed by atoms with Gasteiger partial charge in [-0.05, 0) is 72.3 Å². The first-order chi connectivity index (χ1) is 9.22. The highest BCUT2D eigenvalue weighted by atomic mass is 32.1. The topological polar surface area (TPSA) is 12.0 Å². The fourth-order valence-electron chi connectivity index (χ4n) is 2.51. The van der Waals surface area contributed by atoms with E-state index in [4.69, 9.17) is 0 Å². The zero-order valence-corrected chi connectivity index (χ0v) is 12.9. The first-order valence-electron chi connectivity index (χ1n) is 7.03. The molecule has 1 aromatic heterocycles. The van der Waals surface area contributed by atoms with Gasteiger partial charge in [-0.15, -0.1) is 0 Å². The van der Waals surface area contributed by atoms with E-state index in [0.717, 1.165) is 19.4 Å². The average molecular weight is 273 g/mol. The Morgan fingerprint density at radius 3 is 2.74 bits per heavy atom. The van der Waals surface area contributed by atoms with Crippen molar-refractivity contribution in [1.82, 2.24) is 5.32 Å². The number of thiophene rings is 1. The molecule has 0 bridgehead atoms. The number of rotatable bonds is 6. The van der Waals surface area contributed by atoms with Crippen LogP contribution >= 0.6 is 11.3 Å². The molecule has 1 atom stereocenters. The highest BCUT2D eigenvalue weighted by Gasteiger charge is 2.13. The quantitative estimate of drug-likeness (QED) is 0.808. The number of aryl methyl sites for hydroxylation is 2. The Labute approximate surface area is 120 Å². The largest absolute Gasteiger partial charge is 0.310 e. The molecule has 1 N–H and O–H groups in total. The zero-order valence-electron chi connectivity index (χ0n) is 12.1. The summed E-state index contributed by atoms with van der Waals surface area (Å²) in [5.74, 6) is 0. The third-order valence-corrected chi connectivity index (χ3v) is 4.51. The molecule has 0 spiro atoms. The molecule has 0 saturated heterocycles. The minimum absolute atomic E-state index is 0.463. The van der Waals surface area contributed by atoms with E-state index in [-0.39, 0.29) is 0 Å². The highest BCUT2D eigenvalue weighted by Crippen LogP contribution is 2.25. The standard InChI is InChI=1S/C17H23NS/c1-4-18-17(9-8-15-10-11-19-12-15)16-7-5-6-13(2)14(16)3/h5-7,10-12,17-18H,4,8-9H2,1-3H3. The molecule has 1 heterocycles. The predicted molar refractivity (Wildman–Crippen MR) is 85.0 cm³/mol. The van der Waals surface area contributed by atoms with Crippen molar-refractivity contribution in [3.63, 3.8) is 0 Å². The number of hydrogen-bond acceptors (Lipinski definition) is 2. The van der Waals surface area contributed by atoms with Crippen LogP contribution in [0.15, 0.2) is 35.0 Å². The molecule has 1 nitrogen and oxygen atoms in total. The van der Waals surface area contributed by atoms with Crippen LogP contribution in [-0.2, 0) is 6.42 Å². The molecular formula is C17H23NS. The Hall–Kier alpha value is -1.12. The van der Waals surface area contributed by atoms with E-state index in [9.17, 15) is 0 Å². The maximum atomic E-state index is 3.63. The van der Waals surface area contributed by atoms with Gasteiger partial charge in [-0.3, -0.25) is 0 Å². The molecule has 0 radical (unpaired) electrons. The molecule has 0 aliphatic heterocycles. The fraction of sp³-hybridized carbons (Fsp3) is 0.412. The molecule has 0 aliphatic carbocycles. The summed E-state index contributed by atoms with van der Waals surface area (Å²) >= 11 is 1.79. The summed E-state index contributed by atoms with van der Waals surface area (Å²) in [6, 6.07) is 9.33. The Morgan fingerprint density at radius 1 is 1.21 bits per heavy atom. The van der Waals surface area contributed by atoms with E-state index in [0.29, 0.717) is 6.04 Å². The zero-order chi connectivity index (χ0) is 13.7. The minimum atomic E-state index is 0.463. The van der Waals surface area contributed by atoms with Gasteiger partial charge in [0.25, 0.3) is 0 Å². The van der Waals surface area contributed by atoms with Crippen molar-refractivity contribution in [2.45, 2.75) is 39.7 Å². The summed E-state index contributed by atoms with van der Waals surface area (Å²) in [6.45, 7) is 7.63. The van der Waals surface area contributed by atoms with Crippen LogP contribution in [0, 0.1) is 13.8 Å². The van der Waals surface area contributed by atoms with E-state index >= 15 is 0 Å². The van der Waals surface area contributed by atoms with Gasteiger partial charge < -0.3 is 5.32 Å². The number of hydrogen-bond donors (Lipinski definition) is 1. The van der Waals surface area contributed by atoms with Crippen molar-refractivity contribution in [1.29, 1.82) is 0 Å². The van der Waals surface area contributed by atoms with Gasteiger partial charge in [-0.1, -0.05) is 25.1 Å². The SMILES string of the molecule is CCNC(CCc1ccsc1)c1cccc(C)c1C. The molecule has 1 unspecified atom stereocenters. The van der Waals surface area contributed by atoms with E-state index in [1.54, 1.807) is 11.3 Å². The molecule has 2 rings (SSSR count). The van der Waals surface area contributed by atoms with Gasteiger partial charge in [-0.25, -0.2) is 0 Å². The van der Waals surface area contributed by atoms with Gasteiger partial charge in [0.2, 0.25) is 0 Å². The van der Waals surface area contributed by atoms with Crippen LogP contribution in [0.2, 0.25) is 0 Å². The maximum absolute atomic E-state index is 3.63. The Kier molecular flexibility index (Phi) is 5.17. The molecule has 0 fully saturated rings. The van der Waals surface area contributed by atoms with E-state index in [1.165, 1.54) is 22.3 Å². The number of benzene rings is 1. The lowest BCUT2D eigenvalue weighted by Gasteiger charge is -2.21. The Morgan fingerprint density at radius 2 is 2.05 bits per heavy atom. The van der Waals surface area contributed by atoms with Gasteiger partial charge in [0.1, 0.15) is 0 Å². The van der Waals surface area contributed by atoms with Gasteiger partial charge in [0.15, 0.2) is 0 Å². The van der Waals surface area contributed by atoms with Crippen molar-refractivity contribution in [2.24, 2.45) is 0 Å². The van der Waals surface area contributed by atoms with Crippen LogP contribution in [0.3, 0.4) is 0 Å². The van der Waals surface area contributed by atoms with Crippen LogP contribution < -0.4 is 5.32 Å². The molecule has 0 amide bonds. The van der Waals surface area contributed by atoms with Crippen molar-refractivity contribution in [3.05, 3.63) is 57.3 Å². The van der Waals surface area contributed by atoms with E-state index in [1.807, 2.05) is 0 Å². The summed E-state index contributed by atoms with van der Waals surface area (Å²) < 4.78 is 0. The van der Waals surface area contributed by atoms with Crippen LogP contribution in [0.4, 0.5) is 0 Å². The van der Waals surface area contributed by atoms with Crippen LogP contribution in [0.1, 0.15) is 41.6 Å². The number of nitrogens with one attached hydrogen (secondary N) is 1. The van der Waals surface area contributed by atoms with Gasteiger partial charge in [-0.2, -0.15) is 11.3 Å². The van der Waals surface area contributed by atoms with Crippen LogP contribution in [-0.4, -0.2) is 6.54 Å². The van der Waals surface area contributed by atoms with Gasteiger partial charge in [0, 0.05) is 6.04 Å². The molecule has 102 valence electrons. The van der Waals surface area contributed by atoms with Crippen molar-refractivity contribution in [2.75, 3.05) is 6.54 Å². The first-order valence-corrected chi connectivity index (χ1v) is 7.97. The van der Waals surface area contributed by atoms with Crippen LogP contribution in [0.25, 0.3) is 0 Å². The predicted octanol–water partition coefficient (Wildman–Crippen LogP) is 4.65. The van der Waals surface area contributed by atoms with Gasteiger partial charge in [0.05, 0.1) is 0 Å². The first kappa shape index (κ1) is 14.3. The monoisotopic (exact) mass is 273 g/mol. The summed E-state index contributed by atoms with van der Waals surface area (Å²) in [5, 5.41) is 8.05. The Balaban J connectivity index is 2.12. The summed E-state index contributed by atoms with van der Waals surface area (Å²) in [4.78, 5) is 0. The van der Waals surface area contributed by atoms with E-state index in [2.05, 4.69) is 61.1 Å². The minimum Gasteiger partial charge on any atom is -0.310 e. The smallest absolute Gasteiger partial charge is 0.0326 e. The molecule has 0 aliphatic rings. The molecule has 0 saturated carbocycles. The Bertz CT molecular complexity index is 502. The van der Waals surface area contributed by atoms with E-state index < -0.39 is 0 Å². The van der Waals surface area contributed by atoms with Crippen molar-refractivity contribution >= 4 is 11.3 Å².